The van der Waals surface area contributed by atoms with E-state index >= 15 is 0 Å². The summed E-state index contributed by atoms with van der Waals surface area (Å²) in [7, 11) is 0. The van der Waals surface area contributed by atoms with Gasteiger partial charge in [0.1, 0.15) is 11.9 Å². The number of benzene rings is 1. The molecule has 3 N–H and O–H groups in total. The van der Waals surface area contributed by atoms with Crippen LogP contribution in [0.2, 0.25) is 0 Å². The maximum atomic E-state index is 13.6. The van der Waals surface area contributed by atoms with Gasteiger partial charge in [0.05, 0.1) is 10.9 Å². The van der Waals surface area contributed by atoms with Gasteiger partial charge in [-0.15, -0.1) is 0 Å². The highest BCUT2D eigenvalue weighted by molar-refractivity contribution is 5.99. The molecule has 7 rings (SSSR count). The van der Waals surface area contributed by atoms with E-state index in [2.05, 4.69) is 27.9 Å². The van der Waals surface area contributed by atoms with Crippen molar-refractivity contribution in [2.75, 3.05) is 18.4 Å². The van der Waals surface area contributed by atoms with E-state index in [0.717, 1.165) is 49.4 Å². The lowest BCUT2D eigenvalue weighted by Crippen LogP contribution is -2.54. The average Bonchev–Trinajstić information content (AvgIpc) is 2.92. The molecule has 5 fully saturated rings. The van der Waals surface area contributed by atoms with Crippen LogP contribution in [0, 0.1) is 30.1 Å². The van der Waals surface area contributed by atoms with Gasteiger partial charge in [-0.2, -0.15) is 0 Å². The second-order valence-electron chi connectivity index (χ2n) is 13.7. The van der Waals surface area contributed by atoms with Crippen molar-refractivity contribution >= 4 is 28.4 Å². The number of carbonyl (C=O) groups is 2. The number of fused-ring (bicyclic) bond motifs is 1. The SMILES string of the molecule is Cc1nc2cccc(NCCCCCCCNC(C)C34CC5CC(CC(C5)C3)C4)c2c(=O)n1[C@H]1CCC(=O)NC1=O. The molecule has 0 spiro atoms. The fraction of sp³-hybridized carbons (Fsp3) is 0.697. The minimum absolute atomic E-state index is 0.220. The topological polar surface area (TPSA) is 105 Å². The standard InChI is InChI=1S/C33H47N5O3/c1-21(33-18-23-15-24(19-33)17-25(16-23)20-33)34-13-6-4-3-5-7-14-35-26-9-8-10-27-30(26)32(41)38(22(2)36-27)28-11-12-29(39)37-31(28)40/h8-10,21,23-25,28,34-35H,3-7,11-20H2,1-2H3,(H,37,39,40)/t21?,23?,24?,25?,28-,33?/m0/s1. The normalized spacial score (nSPS) is 29.6. The van der Waals surface area contributed by atoms with Gasteiger partial charge in [0.25, 0.3) is 5.56 Å². The van der Waals surface area contributed by atoms with Crippen LogP contribution in [-0.4, -0.2) is 40.5 Å². The zero-order chi connectivity index (χ0) is 28.6. The largest absolute Gasteiger partial charge is 0.384 e. The third-order valence-electron chi connectivity index (χ3n) is 10.8. The maximum absolute atomic E-state index is 13.6. The number of anilines is 1. The van der Waals surface area contributed by atoms with E-state index in [4.69, 9.17) is 0 Å². The Kier molecular flexibility index (Phi) is 8.21. The van der Waals surface area contributed by atoms with Crippen molar-refractivity contribution in [2.24, 2.45) is 23.2 Å². The van der Waals surface area contributed by atoms with Crippen LogP contribution in [0.15, 0.2) is 23.0 Å². The first-order chi connectivity index (χ1) is 19.8. The van der Waals surface area contributed by atoms with Gasteiger partial charge in [-0.05, 0) is 113 Å². The van der Waals surface area contributed by atoms with Gasteiger partial charge in [-0.3, -0.25) is 24.3 Å². The van der Waals surface area contributed by atoms with Crippen LogP contribution < -0.4 is 21.5 Å². The van der Waals surface area contributed by atoms with Crippen molar-refractivity contribution in [1.82, 2.24) is 20.2 Å². The lowest BCUT2D eigenvalue weighted by Gasteiger charge is -2.59. The quantitative estimate of drug-likeness (QED) is 0.242. The van der Waals surface area contributed by atoms with Gasteiger partial charge in [0, 0.05) is 24.7 Å². The van der Waals surface area contributed by atoms with Gasteiger partial charge in [0.15, 0.2) is 0 Å². The van der Waals surface area contributed by atoms with E-state index in [-0.39, 0.29) is 17.9 Å². The van der Waals surface area contributed by atoms with Crippen LogP contribution in [0.3, 0.4) is 0 Å². The Morgan fingerprint density at radius 2 is 1.63 bits per heavy atom. The van der Waals surface area contributed by atoms with Crippen LogP contribution in [0.1, 0.15) is 102 Å². The molecule has 4 saturated carbocycles. The average molecular weight is 562 g/mol. The fourth-order valence-electron chi connectivity index (χ4n) is 9.04. The van der Waals surface area contributed by atoms with E-state index in [1.54, 1.807) is 6.92 Å². The molecule has 1 aromatic carbocycles. The summed E-state index contributed by atoms with van der Waals surface area (Å²) in [6.45, 7) is 6.11. The summed E-state index contributed by atoms with van der Waals surface area (Å²) < 4.78 is 1.45. The number of carbonyl (C=O) groups excluding carboxylic acids is 2. The van der Waals surface area contributed by atoms with Crippen molar-refractivity contribution in [3.63, 3.8) is 0 Å². The van der Waals surface area contributed by atoms with Gasteiger partial charge >= 0.3 is 0 Å². The summed E-state index contributed by atoms with van der Waals surface area (Å²) in [5, 5.41) is 10.2. The fourth-order valence-corrected chi connectivity index (χ4v) is 9.04. The zero-order valence-corrected chi connectivity index (χ0v) is 24.8. The van der Waals surface area contributed by atoms with Gasteiger partial charge in [-0.25, -0.2) is 4.98 Å². The Balaban J connectivity index is 0.951. The molecule has 8 nitrogen and oxygen atoms in total. The number of hydrogen-bond donors (Lipinski definition) is 3. The molecule has 2 aromatic rings. The summed E-state index contributed by atoms with van der Waals surface area (Å²) in [4.78, 5) is 42.3. The molecule has 4 bridgehead atoms. The van der Waals surface area contributed by atoms with Crippen molar-refractivity contribution in [1.29, 1.82) is 0 Å². The van der Waals surface area contributed by atoms with E-state index in [9.17, 15) is 14.4 Å². The van der Waals surface area contributed by atoms with E-state index in [0.29, 0.717) is 34.6 Å². The molecular formula is C33H47N5O3. The molecule has 2 atom stereocenters. The van der Waals surface area contributed by atoms with E-state index < -0.39 is 11.9 Å². The molecule has 1 saturated heterocycles. The first kappa shape index (κ1) is 28.4. The highest BCUT2D eigenvalue weighted by Crippen LogP contribution is 2.61. The van der Waals surface area contributed by atoms with Crippen LogP contribution >= 0.6 is 0 Å². The minimum atomic E-state index is -0.713. The molecule has 222 valence electrons. The maximum Gasteiger partial charge on any atom is 0.264 e. The van der Waals surface area contributed by atoms with Crippen molar-refractivity contribution in [3.8, 4) is 0 Å². The third-order valence-corrected chi connectivity index (χ3v) is 10.8. The lowest BCUT2D eigenvalue weighted by atomic mass is 9.48. The zero-order valence-electron chi connectivity index (χ0n) is 24.8. The smallest absolute Gasteiger partial charge is 0.264 e. The molecule has 8 heteroatoms. The van der Waals surface area contributed by atoms with Crippen molar-refractivity contribution < 1.29 is 9.59 Å². The number of amides is 2. The summed E-state index contributed by atoms with van der Waals surface area (Å²) in [5.41, 5.74) is 1.72. The van der Waals surface area contributed by atoms with Crippen LogP contribution in [0.25, 0.3) is 10.9 Å². The van der Waals surface area contributed by atoms with Gasteiger partial charge in [0.2, 0.25) is 11.8 Å². The predicted molar refractivity (Wildman–Crippen MR) is 162 cm³/mol. The molecule has 1 aliphatic heterocycles. The Labute approximate surface area is 243 Å². The van der Waals surface area contributed by atoms with Crippen molar-refractivity contribution in [3.05, 3.63) is 34.4 Å². The number of aryl methyl sites for hydroxylation is 1. The Hall–Kier alpha value is -2.74. The van der Waals surface area contributed by atoms with Crippen molar-refractivity contribution in [2.45, 2.75) is 109 Å². The number of imide groups is 1. The van der Waals surface area contributed by atoms with Gasteiger partial charge < -0.3 is 10.6 Å². The molecule has 2 heterocycles. The lowest BCUT2D eigenvalue weighted by molar-refractivity contribution is -0.135. The van der Waals surface area contributed by atoms with Crippen LogP contribution in [0.5, 0.6) is 0 Å². The molecule has 41 heavy (non-hydrogen) atoms. The number of rotatable bonds is 12. The highest BCUT2D eigenvalue weighted by atomic mass is 16.2. The summed E-state index contributed by atoms with van der Waals surface area (Å²) in [6, 6.07) is 5.59. The Morgan fingerprint density at radius 1 is 0.976 bits per heavy atom. The van der Waals surface area contributed by atoms with Crippen LogP contribution in [-0.2, 0) is 9.59 Å². The molecule has 5 aliphatic rings. The predicted octanol–water partition coefficient (Wildman–Crippen LogP) is 5.24. The van der Waals surface area contributed by atoms with Gasteiger partial charge in [-0.1, -0.05) is 25.3 Å². The third kappa shape index (κ3) is 5.81. The van der Waals surface area contributed by atoms with E-state index in [1.807, 2.05) is 18.2 Å². The number of hydrogen-bond acceptors (Lipinski definition) is 6. The molecule has 1 aromatic heterocycles. The summed E-state index contributed by atoms with van der Waals surface area (Å²) in [6.07, 6.45) is 15.4. The number of piperidine rings is 1. The number of unbranched alkanes of at least 4 members (excludes halogenated alkanes) is 4. The molecule has 1 unspecified atom stereocenters. The molecular weight excluding hydrogens is 514 g/mol. The molecule has 2 amide bonds. The summed E-state index contributed by atoms with van der Waals surface area (Å²) in [5.74, 6) is 2.79. The second-order valence-corrected chi connectivity index (χ2v) is 13.7. The molecule has 0 radical (unpaired) electrons. The number of nitrogens with one attached hydrogen (secondary N) is 3. The first-order valence-corrected chi connectivity index (χ1v) is 16.2. The number of aromatic nitrogens is 2. The number of nitrogens with zero attached hydrogens (tertiary/aromatic N) is 2. The minimum Gasteiger partial charge on any atom is -0.384 e. The second kappa shape index (κ2) is 11.9. The first-order valence-electron chi connectivity index (χ1n) is 16.2. The Morgan fingerprint density at radius 3 is 2.32 bits per heavy atom. The highest BCUT2D eigenvalue weighted by Gasteiger charge is 2.52. The van der Waals surface area contributed by atoms with E-state index in [1.165, 1.54) is 62.4 Å². The molecule has 4 aliphatic carbocycles. The Bertz CT molecular complexity index is 1320. The monoisotopic (exact) mass is 561 g/mol. The van der Waals surface area contributed by atoms with Crippen LogP contribution in [0.4, 0.5) is 5.69 Å². The summed E-state index contributed by atoms with van der Waals surface area (Å²) >= 11 is 0.